The van der Waals surface area contributed by atoms with Gasteiger partial charge in [0.15, 0.2) is 0 Å². The second-order valence-electron chi connectivity index (χ2n) is 0.447. The Balaban J connectivity index is -0.00000000257. The van der Waals surface area contributed by atoms with E-state index in [-0.39, 0.29) is 66.4 Å². The summed E-state index contributed by atoms with van der Waals surface area (Å²) in [5.74, 6) is 0. The Morgan fingerprint density at radius 3 is 0.444 bits per heavy atom. The molecule has 0 fully saturated rings. The summed E-state index contributed by atoms with van der Waals surface area (Å²) in [5, 5.41) is 29.5. The summed E-state index contributed by atoms with van der Waals surface area (Å²) in [7, 11) is 0. The third-order valence-corrected chi connectivity index (χ3v) is 0. The van der Waals surface area contributed by atoms with Crippen LogP contribution < -0.4 is 0 Å². The number of nitrogens with zero attached hydrogens (tertiary/aromatic N) is 2. The fraction of sp³-hybridized carbons (Fsp3) is 0. The van der Waals surface area contributed by atoms with Crippen molar-refractivity contribution in [1.82, 2.24) is 0 Å². The number of rotatable bonds is 0. The molecule has 0 unspecified atom stereocenters. The van der Waals surface area contributed by atoms with E-state index in [1.807, 2.05) is 0 Å². The molecule has 126 valence electrons. The maximum absolute atomic E-state index is 8.25. The molecule has 0 atom stereocenters. The van der Waals surface area contributed by atoms with E-state index in [2.05, 4.69) is 0 Å². The van der Waals surface area contributed by atoms with Gasteiger partial charge in [-0.1, -0.05) is 0 Å². The van der Waals surface area contributed by atoms with Crippen molar-refractivity contribution in [2.75, 3.05) is 0 Å². The topological polar surface area (TPSA) is 416 Å². The maximum atomic E-state index is 8.25. The third kappa shape index (κ3) is 1290. The Hall–Kier alpha value is -1.44. The monoisotopic (exact) mass is 342 g/mol. The summed E-state index contributed by atoms with van der Waals surface area (Å²) in [5.41, 5.74) is 0. The van der Waals surface area contributed by atoms with Gasteiger partial charge < -0.3 is 79.9 Å². The van der Waals surface area contributed by atoms with Gasteiger partial charge in [-0.3, -0.25) is 0 Å². The molecular formula is H18FeN2O15. The van der Waals surface area contributed by atoms with Gasteiger partial charge in [0.2, 0.25) is 0 Å². The molecule has 0 amide bonds. The molecule has 18 N–H and O–H groups in total. The van der Waals surface area contributed by atoms with E-state index < -0.39 is 10.2 Å². The van der Waals surface area contributed by atoms with Crippen LogP contribution in [0.15, 0.2) is 0 Å². The fourth-order valence-electron chi connectivity index (χ4n) is 0. The molecular weight excluding hydrogens is 324 g/mol. The van der Waals surface area contributed by atoms with Crippen LogP contribution in [0.2, 0.25) is 0 Å². The van der Waals surface area contributed by atoms with E-state index in [0.29, 0.717) is 0 Å². The molecule has 0 aliphatic heterocycles. The second-order valence-corrected chi connectivity index (χ2v) is 0.447. The molecule has 18 heavy (non-hydrogen) atoms. The van der Waals surface area contributed by atoms with Gasteiger partial charge in [0.25, 0.3) is 0 Å². The molecule has 0 bridgehead atoms. The predicted octanol–water partition coefficient (Wildman–Crippen LogP) is -7.90. The Labute approximate surface area is 108 Å². The average molecular weight is 342 g/mol. The largest absolute Gasteiger partial charge is 2.00 e. The molecule has 0 aliphatic carbocycles. The molecule has 17 nitrogen and oxygen atoms in total. The zero-order chi connectivity index (χ0) is 7.15. The molecule has 0 aromatic rings. The molecule has 0 radical (unpaired) electrons. The van der Waals surface area contributed by atoms with Crippen molar-refractivity contribution in [3.8, 4) is 0 Å². The first kappa shape index (κ1) is 193. The molecule has 0 aliphatic rings. The van der Waals surface area contributed by atoms with Crippen molar-refractivity contribution in [2.24, 2.45) is 0 Å². The SMILES string of the molecule is O.O.O.O.O.O.O.O.O.O=[N+]([O-])[O-].O=[N+]([O-])[O-].[Fe+2]. The standard InChI is InChI=1S/Fe.2NO3.9H2O/c;2*2-1(3)4;;;;;;;;;/h;;;9*1H2/q+2;2*-1;;;;;;;;;. The average Bonchev–Trinajstić information content (AvgIpc) is 1.25. The first-order valence-corrected chi connectivity index (χ1v) is 1.10. The minimum absolute atomic E-state index is 0. The molecule has 0 aromatic carbocycles. The van der Waals surface area contributed by atoms with Gasteiger partial charge in [0.1, 0.15) is 0 Å². The van der Waals surface area contributed by atoms with Crippen LogP contribution in [0.5, 0.6) is 0 Å². The number of hydrogen-bond acceptors (Lipinski definition) is 6. The zero-order valence-electron chi connectivity index (χ0n) is 8.20. The van der Waals surface area contributed by atoms with Crippen LogP contribution in [0.25, 0.3) is 0 Å². The van der Waals surface area contributed by atoms with E-state index in [0.717, 1.165) is 0 Å². The number of hydrogen-bond donors (Lipinski definition) is 0. The van der Waals surface area contributed by atoms with Crippen LogP contribution in [0.1, 0.15) is 0 Å². The Morgan fingerprint density at radius 1 is 0.444 bits per heavy atom. The smallest absolute Gasteiger partial charge is 0.412 e. The normalized spacial score (nSPS) is 2.67. The second kappa shape index (κ2) is 159. The summed E-state index contributed by atoms with van der Waals surface area (Å²) >= 11 is 0. The summed E-state index contributed by atoms with van der Waals surface area (Å²) in [6, 6.07) is 0. The van der Waals surface area contributed by atoms with E-state index in [1.54, 1.807) is 0 Å². The molecule has 0 saturated heterocycles. The van der Waals surface area contributed by atoms with Gasteiger partial charge in [-0.05, 0) is 0 Å². The summed E-state index contributed by atoms with van der Waals surface area (Å²) in [4.78, 5) is 16.5. The van der Waals surface area contributed by atoms with Crippen molar-refractivity contribution in [1.29, 1.82) is 0 Å². The van der Waals surface area contributed by atoms with Crippen molar-refractivity contribution >= 4 is 0 Å². The van der Waals surface area contributed by atoms with Crippen LogP contribution in [-0.2, 0) is 17.1 Å². The Kier molecular flexibility index (Phi) is 1700. The molecule has 0 heterocycles. The van der Waals surface area contributed by atoms with E-state index in [1.165, 1.54) is 0 Å². The van der Waals surface area contributed by atoms with Gasteiger partial charge in [-0.15, -0.1) is 0 Å². The van der Waals surface area contributed by atoms with Crippen molar-refractivity contribution < 1.29 is 76.5 Å². The minimum atomic E-state index is -1.75. The quantitative estimate of drug-likeness (QED) is 0.233. The van der Waals surface area contributed by atoms with E-state index >= 15 is 0 Å². The van der Waals surface area contributed by atoms with Crippen molar-refractivity contribution in [3.63, 3.8) is 0 Å². The van der Waals surface area contributed by atoms with Gasteiger partial charge in [0, 0.05) is 0 Å². The summed E-state index contributed by atoms with van der Waals surface area (Å²) in [6.45, 7) is 0. The molecule has 0 aromatic heterocycles. The Morgan fingerprint density at radius 2 is 0.444 bits per heavy atom. The molecule has 0 rings (SSSR count). The van der Waals surface area contributed by atoms with E-state index in [9.17, 15) is 0 Å². The summed E-state index contributed by atoms with van der Waals surface area (Å²) < 4.78 is 0. The van der Waals surface area contributed by atoms with Gasteiger partial charge in [-0.2, -0.15) is 0 Å². The van der Waals surface area contributed by atoms with E-state index in [4.69, 9.17) is 30.6 Å². The molecule has 0 spiro atoms. The van der Waals surface area contributed by atoms with Crippen LogP contribution in [0, 0.1) is 30.6 Å². The van der Waals surface area contributed by atoms with Crippen molar-refractivity contribution in [3.05, 3.63) is 30.6 Å². The molecule has 18 heteroatoms. The first-order valence-electron chi connectivity index (χ1n) is 1.10. The fourth-order valence-corrected chi connectivity index (χ4v) is 0. The van der Waals surface area contributed by atoms with Crippen molar-refractivity contribution in [2.45, 2.75) is 0 Å². The van der Waals surface area contributed by atoms with Gasteiger partial charge >= 0.3 is 17.1 Å². The Bertz CT molecular complexity index is 72.5. The predicted molar refractivity (Wildman–Crippen MR) is 53.2 cm³/mol. The summed E-state index contributed by atoms with van der Waals surface area (Å²) in [6.07, 6.45) is 0. The zero-order valence-corrected chi connectivity index (χ0v) is 9.30. The third-order valence-electron chi connectivity index (χ3n) is 0. The van der Waals surface area contributed by atoms with Crippen LogP contribution in [0.3, 0.4) is 0 Å². The molecule has 0 saturated carbocycles. The van der Waals surface area contributed by atoms with Gasteiger partial charge in [-0.25, -0.2) is 0 Å². The maximum Gasteiger partial charge on any atom is 2.00 e. The first-order chi connectivity index (χ1) is 3.46. The van der Waals surface area contributed by atoms with Crippen LogP contribution >= 0.6 is 0 Å². The van der Waals surface area contributed by atoms with Crippen LogP contribution in [-0.4, -0.2) is 59.5 Å². The van der Waals surface area contributed by atoms with Crippen LogP contribution in [0.4, 0.5) is 0 Å². The van der Waals surface area contributed by atoms with Gasteiger partial charge in [0.05, 0.1) is 10.2 Å². The minimum Gasteiger partial charge on any atom is -0.412 e.